The molecule has 0 aliphatic rings. The van der Waals surface area contributed by atoms with Crippen LogP contribution in [0.25, 0.3) is 71.3 Å². The van der Waals surface area contributed by atoms with Gasteiger partial charge in [-0.1, -0.05) is 115 Å². The summed E-state index contributed by atoms with van der Waals surface area (Å²) in [6, 6.07) is 65.0. The molecule has 0 amide bonds. The standard InChI is InChI=1S/C46H30N2O/c1-2-13-33(14-3-1)47(35-27-28-40-39-18-8-11-21-44(39)49-45(40)30-35)34-25-22-32(23-26-34)46-36-15-5-4-12-31(36)24-29-43(46)48-41-19-9-6-16-37(41)38-17-7-10-20-42(38)48/h1-30H. The molecule has 3 heteroatoms. The molecule has 0 bridgehead atoms. The van der Waals surface area contributed by atoms with Gasteiger partial charge in [-0.15, -0.1) is 0 Å². The largest absolute Gasteiger partial charge is 0.456 e. The van der Waals surface area contributed by atoms with E-state index in [1.165, 1.54) is 43.8 Å². The average Bonchev–Trinajstić information content (AvgIpc) is 3.71. The van der Waals surface area contributed by atoms with Crippen LogP contribution in [0.15, 0.2) is 186 Å². The smallest absolute Gasteiger partial charge is 0.137 e. The molecule has 10 rings (SSSR count). The summed E-state index contributed by atoms with van der Waals surface area (Å²) in [6.07, 6.45) is 0. The number of anilines is 3. The van der Waals surface area contributed by atoms with E-state index in [0.717, 1.165) is 44.6 Å². The van der Waals surface area contributed by atoms with Crippen molar-refractivity contribution in [3.05, 3.63) is 182 Å². The fourth-order valence-corrected chi connectivity index (χ4v) is 7.59. The first kappa shape index (κ1) is 27.5. The molecule has 0 fully saturated rings. The van der Waals surface area contributed by atoms with Crippen molar-refractivity contribution in [3.8, 4) is 16.8 Å². The van der Waals surface area contributed by atoms with E-state index in [-0.39, 0.29) is 0 Å². The number of fused-ring (bicyclic) bond motifs is 7. The molecule has 0 saturated heterocycles. The lowest BCUT2D eigenvalue weighted by atomic mass is 9.95. The van der Waals surface area contributed by atoms with Gasteiger partial charge >= 0.3 is 0 Å². The first-order valence-electron chi connectivity index (χ1n) is 16.7. The van der Waals surface area contributed by atoms with Crippen molar-refractivity contribution in [2.75, 3.05) is 4.90 Å². The van der Waals surface area contributed by atoms with Gasteiger partial charge in [0.25, 0.3) is 0 Å². The van der Waals surface area contributed by atoms with Gasteiger partial charge < -0.3 is 13.9 Å². The zero-order valence-electron chi connectivity index (χ0n) is 26.6. The third kappa shape index (κ3) is 4.37. The summed E-state index contributed by atoms with van der Waals surface area (Å²) in [4.78, 5) is 2.30. The molecule has 0 unspecified atom stereocenters. The van der Waals surface area contributed by atoms with E-state index < -0.39 is 0 Å². The van der Waals surface area contributed by atoms with Crippen LogP contribution in [0.5, 0.6) is 0 Å². The lowest BCUT2D eigenvalue weighted by Gasteiger charge is -2.26. The minimum Gasteiger partial charge on any atom is -0.456 e. The van der Waals surface area contributed by atoms with Crippen LogP contribution >= 0.6 is 0 Å². The molecule has 0 radical (unpaired) electrons. The van der Waals surface area contributed by atoms with Gasteiger partial charge in [-0.3, -0.25) is 0 Å². The van der Waals surface area contributed by atoms with Gasteiger partial charge in [0.05, 0.1) is 16.7 Å². The Morgan fingerprint density at radius 1 is 0.388 bits per heavy atom. The zero-order chi connectivity index (χ0) is 32.3. The number of benzene rings is 8. The first-order chi connectivity index (χ1) is 24.3. The molecule has 0 aliphatic carbocycles. The van der Waals surface area contributed by atoms with Crippen molar-refractivity contribution in [1.29, 1.82) is 0 Å². The monoisotopic (exact) mass is 626 g/mol. The van der Waals surface area contributed by atoms with E-state index in [9.17, 15) is 0 Å². The van der Waals surface area contributed by atoms with Gasteiger partial charge in [-0.25, -0.2) is 0 Å². The number of hydrogen-bond donors (Lipinski definition) is 0. The van der Waals surface area contributed by atoms with Crippen LogP contribution in [-0.4, -0.2) is 4.57 Å². The topological polar surface area (TPSA) is 21.3 Å². The molecule has 0 saturated carbocycles. The quantitative estimate of drug-likeness (QED) is 0.190. The molecule has 49 heavy (non-hydrogen) atoms. The minimum atomic E-state index is 0.878. The fraction of sp³-hybridized carbons (Fsp3) is 0. The molecule has 0 atom stereocenters. The summed E-state index contributed by atoms with van der Waals surface area (Å²) in [5, 5.41) is 7.21. The van der Waals surface area contributed by atoms with Crippen molar-refractivity contribution in [2.24, 2.45) is 0 Å². The molecule has 0 N–H and O–H groups in total. The molecule has 8 aromatic carbocycles. The Morgan fingerprint density at radius 2 is 0.959 bits per heavy atom. The number of para-hydroxylation sites is 4. The van der Waals surface area contributed by atoms with Crippen molar-refractivity contribution in [2.45, 2.75) is 0 Å². The Kier molecular flexibility index (Phi) is 6.18. The normalized spacial score (nSPS) is 11.7. The third-order valence-corrected chi connectivity index (χ3v) is 9.78. The molecule has 230 valence electrons. The highest BCUT2D eigenvalue weighted by molar-refractivity contribution is 6.11. The average molecular weight is 627 g/mol. The summed E-state index contributed by atoms with van der Waals surface area (Å²) < 4.78 is 8.74. The van der Waals surface area contributed by atoms with Gasteiger partial charge in [0, 0.05) is 50.2 Å². The number of aromatic nitrogens is 1. The van der Waals surface area contributed by atoms with Gasteiger partial charge in [0.1, 0.15) is 11.2 Å². The molecule has 0 aliphatic heterocycles. The SMILES string of the molecule is c1ccc(N(c2ccc(-c3c(-n4c5ccccc5c5ccccc54)ccc4ccccc34)cc2)c2ccc3c(c2)oc2ccccc23)cc1. The van der Waals surface area contributed by atoms with Crippen molar-refractivity contribution >= 4 is 71.6 Å². The van der Waals surface area contributed by atoms with Crippen molar-refractivity contribution in [1.82, 2.24) is 4.57 Å². The third-order valence-electron chi connectivity index (χ3n) is 9.78. The van der Waals surface area contributed by atoms with Crippen LogP contribution in [0.4, 0.5) is 17.1 Å². The molecule has 2 heterocycles. The second-order valence-corrected chi connectivity index (χ2v) is 12.5. The Hall–Kier alpha value is -6.58. The van der Waals surface area contributed by atoms with Crippen LogP contribution in [0.3, 0.4) is 0 Å². The van der Waals surface area contributed by atoms with Crippen molar-refractivity contribution in [3.63, 3.8) is 0 Å². The maximum absolute atomic E-state index is 6.31. The number of hydrogen-bond acceptors (Lipinski definition) is 2. The molecular formula is C46H30N2O. The molecule has 10 aromatic rings. The second-order valence-electron chi connectivity index (χ2n) is 12.5. The Morgan fingerprint density at radius 3 is 1.71 bits per heavy atom. The van der Waals surface area contributed by atoms with E-state index in [1.54, 1.807) is 0 Å². The first-order valence-corrected chi connectivity index (χ1v) is 16.7. The summed E-state index contributed by atoms with van der Waals surface area (Å²) >= 11 is 0. The summed E-state index contributed by atoms with van der Waals surface area (Å²) in [5.41, 5.74) is 10.9. The second kappa shape index (κ2) is 11.0. The number of furan rings is 1. The minimum absolute atomic E-state index is 0.878. The Balaban J connectivity index is 1.16. The van der Waals surface area contributed by atoms with Gasteiger partial charge in [0.2, 0.25) is 0 Å². The highest BCUT2D eigenvalue weighted by Crippen LogP contribution is 2.42. The maximum atomic E-state index is 6.31. The number of rotatable bonds is 5. The van der Waals surface area contributed by atoms with E-state index in [0.29, 0.717) is 0 Å². The molecule has 3 nitrogen and oxygen atoms in total. The molecule has 2 aromatic heterocycles. The van der Waals surface area contributed by atoms with Crippen LogP contribution in [0.2, 0.25) is 0 Å². The van der Waals surface area contributed by atoms with Gasteiger partial charge in [0.15, 0.2) is 0 Å². The maximum Gasteiger partial charge on any atom is 0.137 e. The van der Waals surface area contributed by atoms with Crippen LogP contribution in [0.1, 0.15) is 0 Å². The van der Waals surface area contributed by atoms with E-state index in [2.05, 4.69) is 179 Å². The summed E-state index contributed by atoms with van der Waals surface area (Å²) in [6.45, 7) is 0. The lowest BCUT2D eigenvalue weighted by molar-refractivity contribution is 0.669. The highest BCUT2D eigenvalue weighted by atomic mass is 16.3. The predicted octanol–water partition coefficient (Wildman–Crippen LogP) is 13.0. The van der Waals surface area contributed by atoms with Crippen molar-refractivity contribution < 1.29 is 4.42 Å². The van der Waals surface area contributed by atoms with Crippen LogP contribution in [-0.2, 0) is 0 Å². The Labute approximate surface area is 283 Å². The molecular weight excluding hydrogens is 597 g/mol. The molecule has 0 spiro atoms. The Bertz CT molecular complexity index is 2770. The highest BCUT2D eigenvalue weighted by Gasteiger charge is 2.19. The van der Waals surface area contributed by atoms with E-state index in [1.807, 2.05) is 12.1 Å². The summed E-state index contributed by atoms with van der Waals surface area (Å²) in [7, 11) is 0. The predicted molar refractivity (Wildman–Crippen MR) is 206 cm³/mol. The van der Waals surface area contributed by atoms with E-state index in [4.69, 9.17) is 4.42 Å². The van der Waals surface area contributed by atoms with E-state index >= 15 is 0 Å². The van der Waals surface area contributed by atoms with Gasteiger partial charge in [-0.2, -0.15) is 0 Å². The fourth-order valence-electron chi connectivity index (χ4n) is 7.59. The lowest BCUT2D eigenvalue weighted by Crippen LogP contribution is -2.09. The summed E-state index contributed by atoms with van der Waals surface area (Å²) in [5.74, 6) is 0. The zero-order valence-corrected chi connectivity index (χ0v) is 26.6. The van der Waals surface area contributed by atoms with Crippen LogP contribution in [0, 0.1) is 0 Å². The number of nitrogens with zero attached hydrogens (tertiary/aromatic N) is 2. The van der Waals surface area contributed by atoms with Crippen LogP contribution < -0.4 is 4.90 Å². The van der Waals surface area contributed by atoms with Gasteiger partial charge in [-0.05, 0) is 77.0 Å².